The fraction of sp³-hybridized carbons (Fsp3) is 0.333. The van der Waals surface area contributed by atoms with Crippen molar-refractivity contribution in [2.24, 2.45) is 0 Å². The summed E-state index contributed by atoms with van der Waals surface area (Å²) in [5, 5.41) is 14.9. The average molecular weight is 331 g/mol. The van der Waals surface area contributed by atoms with Crippen molar-refractivity contribution in [1.29, 1.82) is 0 Å². The summed E-state index contributed by atoms with van der Waals surface area (Å²) >= 11 is 9.32. The molecule has 1 unspecified atom stereocenters. The highest BCUT2D eigenvalue weighted by atomic mass is 79.9. The minimum Gasteiger partial charge on any atom is -0.388 e. The van der Waals surface area contributed by atoms with Gasteiger partial charge in [-0.25, -0.2) is 4.98 Å². The van der Waals surface area contributed by atoms with E-state index in [2.05, 4.69) is 26.0 Å². The van der Waals surface area contributed by atoms with Gasteiger partial charge < -0.3 is 5.11 Å². The lowest BCUT2D eigenvalue weighted by Crippen LogP contribution is -2.09. The number of benzene rings is 1. The molecule has 0 fully saturated rings. The summed E-state index contributed by atoms with van der Waals surface area (Å²) in [6.45, 7) is 2.72. The Morgan fingerprint density at radius 3 is 2.89 bits per heavy atom. The molecule has 96 valence electrons. The van der Waals surface area contributed by atoms with Crippen molar-refractivity contribution in [1.82, 2.24) is 14.8 Å². The van der Waals surface area contributed by atoms with Crippen LogP contribution in [0.5, 0.6) is 0 Å². The van der Waals surface area contributed by atoms with Crippen LogP contribution in [0.1, 0.15) is 24.4 Å². The van der Waals surface area contributed by atoms with Crippen LogP contribution in [0.15, 0.2) is 29.0 Å². The van der Waals surface area contributed by atoms with Gasteiger partial charge in [0.25, 0.3) is 0 Å². The number of hydrogen-bond acceptors (Lipinski definition) is 3. The van der Waals surface area contributed by atoms with Crippen molar-refractivity contribution < 1.29 is 5.11 Å². The predicted octanol–water partition coefficient (Wildman–Crippen LogP) is 2.99. The van der Waals surface area contributed by atoms with Gasteiger partial charge in [0, 0.05) is 22.5 Å². The SMILES string of the molecule is CCn1ncnc1CC(O)c1cc(Cl)cc(Br)c1. The molecule has 0 aliphatic rings. The van der Waals surface area contributed by atoms with Crippen molar-refractivity contribution in [2.45, 2.75) is 26.0 Å². The van der Waals surface area contributed by atoms with Crippen LogP contribution in [0.3, 0.4) is 0 Å². The summed E-state index contributed by atoms with van der Waals surface area (Å²) in [6.07, 6.45) is 1.27. The first-order valence-corrected chi connectivity index (χ1v) is 6.78. The van der Waals surface area contributed by atoms with Crippen LogP contribution in [0.4, 0.5) is 0 Å². The molecule has 2 aromatic rings. The number of halogens is 2. The molecular weight excluding hydrogens is 318 g/mol. The summed E-state index contributed by atoms with van der Waals surface area (Å²) in [4.78, 5) is 4.14. The lowest BCUT2D eigenvalue weighted by atomic mass is 10.1. The zero-order chi connectivity index (χ0) is 13.1. The number of aliphatic hydroxyl groups is 1. The summed E-state index contributed by atoms with van der Waals surface area (Å²) in [7, 11) is 0. The Balaban J connectivity index is 2.19. The van der Waals surface area contributed by atoms with Gasteiger partial charge in [-0.05, 0) is 30.7 Å². The number of nitrogens with zero attached hydrogens (tertiary/aromatic N) is 3. The van der Waals surface area contributed by atoms with Gasteiger partial charge in [0.1, 0.15) is 12.2 Å². The molecule has 1 aromatic heterocycles. The summed E-state index contributed by atoms with van der Waals surface area (Å²) in [5.41, 5.74) is 0.764. The van der Waals surface area contributed by atoms with Crippen LogP contribution < -0.4 is 0 Å². The molecule has 0 radical (unpaired) electrons. The van der Waals surface area contributed by atoms with E-state index in [1.54, 1.807) is 16.8 Å². The Hall–Kier alpha value is -0.910. The maximum absolute atomic E-state index is 10.2. The van der Waals surface area contributed by atoms with E-state index in [-0.39, 0.29) is 0 Å². The van der Waals surface area contributed by atoms with Gasteiger partial charge in [-0.15, -0.1) is 0 Å². The molecule has 18 heavy (non-hydrogen) atoms. The average Bonchev–Trinajstić information content (AvgIpc) is 2.75. The minimum absolute atomic E-state index is 0.417. The molecular formula is C12H13BrClN3O. The third kappa shape index (κ3) is 3.10. The van der Waals surface area contributed by atoms with E-state index in [1.807, 2.05) is 13.0 Å². The van der Waals surface area contributed by atoms with Gasteiger partial charge in [-0.2, -0.15) is 5.10 Å². The van der Waals surface area contributed by atoms with E-state index < -0.39 is 6.10 Å². The fourth-order valence-electron chi connectivity index (χ4n) is 1.77. The Morgan fingerprint density at radius 1 is 1.44 bits per heavy atom. The van der Waals surface area contributed by atoms with Crippen LogP contribution >= 0.6 is 27.5 Å². The first kappa shape index (κ1) is 13.5. The van der Waals surface area contributed by atoms with Crippen molar-refractivity contribution in [3.63, 3.8) is 0 Å². The number of hydrogen-bond donors (Lipinski definition) is 1. The van der Waals surface area contributed by atoms with Gasteiger partial charge in [0.2, 0.25) is 0 Å². The molecule has 0 saturated carbocycles. The van der Waals surface area contributed by atoms with Crippen LogP contribution in [-0.4, -0.2) is 19.9 Å². The van der Waals surface area contributed by atoms with Gasteiger partial charge in [0.05, 0.1) is 6.10 Å². The van der Waals surface area contributed by atoms with Crippen molar-refractivity contribution in [3.05, 3.63) is 45.4 Å². The smallest absolute Gasteiger partial charge is 0.138 e. The molecule has 4 nitrogen and oxygen atoms in total. The van der Waals surface area contributed by atoms with E-state index in [0.717, 1.165) is 22.4 Å². The Morgan fingerprint density at radius 2 is 2.22 bits per heavy atom. The van der Waals surface area contributed by atoms with Crippen molar-refractivity contribution in [2.75, 3.05) is 0 Å². The van der Waals surface area contributed by atoms with Gasteiger partial charge in [-0.1, -0.05) is 27.5 Å². The third-order valence-electron chi connectivity index (χ3n) is 2.64. The third-order valence-corrected chi connectivity index (χ3v) is 3.32. The lowest BCUT2D eigenvalue weighted by molar-refractivity contribution is 0.174. The van der Waals surface area contributed by atoms with Crippen molar-refractivity contribution >= 4 is 27.5 Å². The Bertz CT molecular complexity index is 524. The highest BCUT2D eigenvalue weighted by Gasteiger charge is 2.13. The largest absolute Gasteiger partial charge is 0.388 e. The highest BCUT2D eigenvalue weighted by molar-refractivity contribution is 9.10. The number of rotatable bonds is 4. The zero-order valence-corrected chi connectivity index (χ0v) is 12.2. The van der Waals surface area contributed by atoms with Crippen LogP contribution in [0.25, 0.3) is 0 Å². The standard InChI is InChI=1S/C12H13BrClN3O/c1-2-17-12(15-7-16-17)6-11(18)8-3-9(13)5-10(14)4-8/h3-5,7,11,18H,2,6H2,1H3. The maximum atomic E-state index is 10.2. The van der Waals surface area contributed by atoms with E-state index in [9.17, 15) is 5.11 Å². The second-order valence-corrected chi connectivity index (χ2v) is 5.27. The van der Waals surface area contributed by atoms with E-state index in [0.29, 0.717) is 11.4 Å². The lowest BCUT2D eigenvalue weighted by Gasteiger charge is -2.12. The summed E-state index contributed by atoms with van der Waals surface area (Å²) in [5.74, 6) is 0.765. The molecule has 2 rings (SSSR count). The molecule has 1 atom stereocenters. The maximum Gasteiger partial charge on any atom is 0.138 e. The van der Waals surface area contributed by atoms with Gasteiger partial charge in [0.15, 0.2) is 0 Å². The fourth-order valence-corrected chi connectivity index (χ4v) is 2.65. The number of aromatic nitrogens is 3. The zero-order valence-electron chi connectivity index (χ0n) is 9.85. The molecule has 1 N–H and O–H groups in total. The topological polar surface area (TPSA) is 50.9 Å². The molecule has 0 amide bonds. The molecule has 0 aliphatic heterocycles. The first-order chi connectivity index (χ1) is 8.60. The second kappa shape index (κ2) is 5.82. The van der Waals surface area contributed by atoms with E-state index >= 15 is 0 Å². The molecule has 0 saturated heterocycles. The van der Waals surface area contributed by atoms with Crippen molar-refractivity contribution in [3.8, 4) is 0 Å². The number of aryl methyl sites for hydroxylation is 1. The van der Waals surface area contributed by atoms with Crippen LogP contribution in [-0.2, 0) is 13.0 Å². The molecule has 1 heterocycles. The van der Waals surface area contributed by atoms with Crippen LogP contribution in [0, 0.1) is 0 Å². The molecule has 0 aliphatic carbocycles. The van der Waals surface area contributed by atoms with E-state index in [4.69, 9.17) is 11.6 Å². The van der Waals surface area contributed by atoms with Gasteiger partial charge in [-0.3, -0.25) is 4.68 Å². The first-order valence-electron chi connectivity index (χ1n) is 5.61. The Kier molecular flexibility index (Phi) is 4.37. The second-order valence-electron chi connectivity index (χ2n) is 3.91. The number of aliphatic hydroxyl groups excluding tert-OH is 1. The molecule has 6 heteroatoms. The molecule has 1 aromatic carbocycles. The predicted molar refractivity (Wildman–Crippen MR) is 73.5 cm³/mol. The Labute approximate surface area is 119 Å². The molecule has 0 bridgehead atoms. The quantitative estimate of drug-likeness (QED) is 0.937. The monoisotopic (exact) mass is 329 g/mol. The summed E-state index contributed by atoms with van der Waals surface area (Å²) in [6, 6.07) is 5.39. The van der Waals surface area contributed by atoms with Crippen LogP contribution in [0.2, 0.25) is 5.02 Å². The minimum atomic E-state index is -0.644. The van der Waals surface area contributed by atoms with Gasteiger partial charge >= 0.3 is 0 Å². The molecule has 0 spiro atoms. The van der Waals surface area contributed by atoms with E-state index in [1.165, 1.54) is 6.33 Å². The highest BCUT2D eigenvalue weighted by Crippen LogP contribution is 2.25. The normalized spacial score (nSPS) is 12.7. The summed E-state index contributed by atoms with van der Waals surface area (Å²) < 4.78 is 2.61.